The second-order valence-corrected chi connectivity index (χ2v) is 7.21. The van der Waals surface area contributed by atoms with Crippen LogP contribution in [0.15, 0.2) is 46.2 Å². The van der Waals surface area contributed by atoms with E-state index in [4.69, 9.17) is 4.42 Å². The molecule has 2 heterocycles. The molecule has 6 nitrogen and oxygen atoms in total. The first-order chi connectivity index (χ1) is 12.5. The summed E-state index contributed by atoms with van der Waals surface area (Å²) in [6.45, 7) is 6.15. The maximum atomic E-state index is 12.3. The minimum atomic E-state index is -0.0411. The van der Waals surface area contributed by atoms with Crippen LogP contribution in [0.25, 0.3) is 11.6 Å². The Morgan fingerprint density at radius 3 is 2.77 bits per heavy atom. The van der Waals surface area contributed by atoms with Crippen LogP contribution in [0, 0.1) is 13.8 Å². The predicted octanol–water partition coefficient (Wildman–Crippen LogP) is 3.66. The lowest BCUT2D eigenvalue weighted by Gasteiger charge is -2.15. The van der Waals surface area contributed by atoms with E-state index in [-0.39, 0.29) is 17.7 Å². The fourth-order valence-corrected chi connectivity index (χ4v) is 3.31. The van der Waals surface area contributed by atoms with E-state index in [0.717, 1.165) is 5.56 Å². The molecule has 0 radical (unpaired) electrons. The number of hydrogen-bond acceptors (Lipinski definition) is 5. The third kappa shape index (κ3) is 3.99. The van der Waals surface area contributed by atoms with Gasteiger partial charge in [0.05, 0.1) is 18.1 Å². The van der Waals surface area contributed by atoms with Crippen LogP contribution in [0.4, 0.5) is 0 Å². The van der Waals surface area contributed by atoms with E-state index < -0.39 is 0 Å². The first-order valence-electron chi connectivity index (χ1n) is 8.38. The lowest BCUT2D eigenvalue weighted by atomic mass is 10.0. The third-order valence-electron chi connectivity index (χ3n) is 4.32. The SMILES string of the molecule is Cc1ccc([C@H](C)NC(=O)CSc2nnc(-c3ccco3)n2C)cc1C. The van der Waals surface area contributed by atoms with Gasteiger partial charge in [0, 0.05) is 7.05 Å². The van der Waals surface area contributed by atoms with Crippen molar-refractivity contribution in [1.82, 2.24) is 20.1 Å². The van der Waals surface area contributed by atoms with Crippen LogP contribution in [-0.2, 0) is 11.8 Å². The van der Waals surface area contributed by atoms with Gasteiger partial charge < -0.3 is 14.3 Å². The third-order valence-corrected chi connectivity index (χ3v) is 5.34. The quantitative estimate of drug-likeness (QED) is 0.670. The molecule has 0 saturated heterocycles. The van der Waals surface area contributed by atoms with Gasteiger partial charge in [-0.05, 0) is 49.6 Å². The summed E-state index contributed by atoms with van der Waals surface area (Å²) < 4.78 is 7.17. The second-order valence-electron chi connectivity index (χ2n) is 6.26. The highest BCUT2D eigenvalue weighted by Gasteiger charge is 2.16. The Hall–Kier alpha value is -2.54. The van der Waals surface area contributed by atoms with Gasteiger partial charge >= 0.3 is 0 Å². The maximum Gasteiger partial charge on any atom is 0.230 e. The highest BCUT2D eigenvalue weighted by Crippen LogP contribution is 2.23. The first kappa shape index (κ1) is 18.3. The van der Waals surface area contributed by atoms with Gasteiger partial charge in [-0.1, -0.05) is 30.0 Å². The Balaban J connectivity index is 1.58. The molecule has 0 saturated carbocycles. The molecule has 0 aliphatic rings. The number of carbonyl (C=O) groups excluding carboxylic acids is 1. The lowest BCUT2D eigenvalue weighted by molar-refractivity contribution is -0.119. The zero-order valence-electron chi connectivity index (χ0n) is 15.3. The van der Waals surface area contributed by atoms with Crippen molar-refractivity contribution in [2.75, 3.05) is 5.75 Å². The van der Waals surface area contributed by atoms with E-state index in [1.54, 1.807) is 12.3 Å². The molecule has 0 aliphatic carbocycles. The van der Waals surface area contributed by atoms with Gasteiger partial charge in [-0.15, -0.1) is 10.2 Å². The molecule has 3 rings (SSSR count). The highest BCUT2D eigenvalue weighted by molar-refractivity contribution is 7.99. The van der Waals surface area contributed by atoms with Gasteiger partial charge in [0.2, 0.25) is 5.91 Å². The number of furan rings is 1. The summed E-state index contributed by atoms with van der Waals surface area (Å²) in [6.07, 6.45) is 1.60. The standard InChI is InChI=1S/C19H22N4O2S/c1-12-7-8-15(10-13(12)2)14(3)20-17(24)11-26-19-22-21-18(23(19)4)16-6-5-9-25-16/h5-10,14H,11H2,1-4H3,(H,20,24)/t14-/m0/s1. The van der Waals surface area contributed by atoms with Gasteiger partial charge in [-0.25, -0.2) is 0 Å². The van der Waals surface area contributed by atoms with Crippen molar-refractivity contribution in [2.45, 2.75) is 32.0 Å². The summed E-state index contributed by atoms with van der Waals surface area (Å²) in [4.78, 5) is 12.3. The van der Waals surface area contributed by atoms with Crippen LogP contribution < -0.4 is 5.32 Å². The molecule has 2 aromatic heterocycles. The molecular weight excluding hydrogens is 348 g/mol. The average molecular weight is 370 g/mol. The van der Waals surface area contributed by atoms with Crippen molar-refractivity contribution >= 4 is 17.7 Å². The molecule has 1 aromatic carbocycles. The molecule has 1 N–H and O–H groups in total. The van der Waals surface area contributed by atoms with Crippen LogP contribution in [0.1, 0.15) is 29.7 Å². The van der Waals surface area contributed by atoms with E-state index in [2.05, 4.69) is 47.6 Å². The van der Waals surface area contributed by atoms with Crippen LogP contribution in [0.2, 0.25) is 0 Å². The number of carbonyl (C=O) groups is 1. The maximum absolute atomic E-state index is 12.3. The Bertz CT molecular complexity index is 902. The van der Waals surface area contributed by atoms with Crippen molar-refractivity contribution < 1.29 is 9.21 Å². The molecule has 0 bridgehead atoms. The summed E-state index contributed by atoms with van der Waals surface area (Å²) in [5, 5.41) is 12.0. The van der Waals surface area contributed by atoms with E-state index >= 15 is 0 Å². The Morgan fingerprint density at radius 1 is 1.27 bits per heavy atom. The second kappa shape index (κ2) is 7.78. The minimum Gasteiger partial charge on any atom is -0.461 e. The van der Waals surface area contributed by atoms with Crippen LogP contribution in [0.3, 0.4) is 0 Å². The number of nitrogens with one attached hydrogen (secondary N) is 1. The summed E-state index contributed by atoms with van der Waals surface area (Å²) in [7, 11) is 1.86. The zero-order valence-corrected chi connectivity index (χ0v) is 16.1. The number of benzene rings is 1. The molecule has 3 aromatic rings. The van der Waals surface area contributed by atoms with Crippen LogP contribution in [-0.4, -0.2) is 26.4 Å². The summed E-state index contributed by atoms with van der Waals surface area (Å²) >= 11 is 1.35. The van der Waals surface area contributed by atoms with Crippen molar-refractivity contribution in [1.29, 1.82) is 0 Å². The smallest absolute Gasteiger partial charge is 0.230 e. The Morgan fingerprint density at radius 2 is 2.08 bits per heavy atom. The average Bonchev–Trinajstić information content (AvgIpc) is 3.25. The number of aromatic nitrogens is 3. The molecule has 136 valence electrons. The van der Waals surface area contributed by atoms with Crippen LogP contribution >= 0.6 is 11.8 Å². The molecule has 7 heteroatoms. The topological polar surface area (TPSA) is 73.0 Å². The molecule has 1 amide bonds. The van der Waals surface area contributed by atoms with E-state index in [9.17, 15) is 4.79 Å². The molecule has 0 fully saturated rings. The van der Waals surface area contributed by atoms with Gasteiger partial charge in [0.15, 0.2) is 16.7 Å². The summed E-state index contributed by atoms with van der Waals surface area (Å²) in [6, 6.07) is 9.84. The number of rotatable bonds is 6. The fourth-order valence-electron chi connectivity index (χ4n) is 2.59. The Kier molecular flexibility index (Phi) is 5.46. The van der Waals surface area contributed by atoms with Gasteiger partial charge in [-0.2, -0.15) is 0 Å². The van der Waals surface area contributed by atoms with Crippen molar-refractivity contribution in [3.8, 4) is 11.6 Å². The van der Waals surface area contributed by atoms with Gasteiger partial charge in [-0.3, -0.25) is 4.79 Å². The van der Waals surface area contributed by atoms with E-state index in [0.29, 0.717) is 16.7 Å². The molecule has 26 heavy (non-hydrogen) atoms. The summed E-state index contributed by atoms with van der Waals surface area (Å²) in [5.41, 5.74) is 3.57. The summed E-state index contributed by atoms with van der Waals surface area (Å²) in [5.74, 6) is 1.53. The predicted molar refractivity (Wildman–Crippen MR) is 102 cm³/mol. The van der Waals surface area contributed by atoms with E-state index in [1.165, 1.54) is 22.9 Å². The Labute approximate surface area is 157 Å². The molecule has 1 atom stereocenters. The molecule has 0 spiro atoms. The monoisotopic (exact) mass is 370 g/mol. The van der Waals surface area contributed by atoms with Crippen molar-refractivity contribution in [3.05, 3.63) is 53.3 Å². The molecular formula is C19H22N4O2S. The normalized spacial score (nSPS) is 12.2. The zero-order chi connectivity index (χ0) is 18.7. The largest absolute Gasteiger partial charge is 0.461 e. The first-order valence-corrected chi connectivity index (χ1v) is 9.37. The lowest BCUT2D eigenvalue weighted by Crippen LogP contribution is -2.28. The van der Waals surface area contributed by atoms with Gasteiger partial charge in [0.25, 0.3) is 0 Å². The molecule has 0 unspecified atom stereocenters. The van der Waals surface area contributed by atoms with Gasteiger partial charge in [0.1, 0.15) is 0 Å². The fraction of sp³-hybridized carbons (Fsp3) is 0.316. The van der Waals surface area contributed by atoms with E-state index in [1.807, 2.05) is 24.6 Å². The number of nitrogens with zero attached hydrogens (tertiary/aromatic N) is 3. The highest BCUT2D eigenvalue weighted by atomic mass is 32.2. The van der Waals surface area contributed by atoms with Crippen molar-refractivity contribution in [2.24, 2.45) is 7.05 Å². The van der Waals surface area contributed by atoms with Crippen molar-refractivity contribution in [3.63, 3.8) is 0 Å². The number of hydrogen-bond donors (Lipinski definition) is 1. The number of thioether (sulfide) groups is 1. The number of aryl methyl sites for hydroxylation is 2. The van der Waals surface area contributed by atoms with Crippen LogP contribution in [0.5, 0.6) is 0 Å². The molecule has 0 aliphatic heterocycles. The number of amides is 1. The minimum absolute atomic E-state index is 0.0386.